The molecule has 0 fully saturated rings. The third kappa shape index (κ3) is 18.9. The minimum Gasteiger partial charge on any atom is -0.458 e. The van der Waals surface area contributed by atoms with E-state index in [9.17, 15) is 43.2 Å². The first-order chi connectivity index (χ1) is 37.2. The van der Waals surface area contributed by atoms with Crippen molar-refractivity contribution in [2.24, 2.45) is 35.5 Å². The molecule has 4 amide bonds. The van der Waals surface area contributed by atoms with Gasteiger partial charge in [-0.05, 0) is 90.0 Å². The molecule has 3 aromatic carbocycles. The van der Waals surface area contributed by atoms with Gasteiger partial charge < -0.3 is 49.7 Å². The zero-order valence-corrected chi connectivity index (χ0v) is 48.1. The van der Waals surface area contributed by atoms with Crippen LogP contribution in [-0.2, 0) is 73.4 Å². The molecule has 19 nitrogen and oxygen atoms in total. The van der Waals surface area contributed by atoms with E-state index in [4.69, 9.17) is 28.4 Å². The summed E-state index contributed by atoms with van der Waals surface area (Å²) in [6, 6.07) is 19.6. The van der Waals surface area contributed by atoms with Crippen LogP contribution in [0.15, 0.2) is 78.9 Å². The second-order valence-corrected chi connectivity index (χ2v) is 22.2. The lowest BCUT2D eigenvalue weighted by Crippen LogP contribution is -2.54. The van der Waals surface area contributed by atoms with Crippen LogP contribution >= 0.6 is 0 Å². The number of rotatable bonds is 28. The molecule has 432 valence electrons. The fourth-order valence-corrected chi connectivity index (χ4v) is 8.66. The summed E-state index contributed by atoms with van der Waals surface area (Å²) in [6.45, 7) is 23.1. The van der Waals surface area contributed by atoms with E-state index >= 15 is 0 Å². The molecule has 0 radical (unpaired) electrons. The molecule has 0 saturated carbocycles. The quantitative estimate of drug-likeness (QED) is 0.0406. The van der Waals surface area contributed by atoms with Gasteiger partial charge in [0.15, 0.2) is 24.4 Å². The fourth-order valence-electron chi connectivity index (χ4n) is 8.66. The number of fused-ring (bicyclic) bond motifs is 3. The first kappa shape index (κ1) is 64.2. The first-order valence-electron chi connectivity index (χ1n) is 27.2. The summed E-state index contributed by atoms with van der Waals surface area (Å²) in [6.07, 6.45) is -6.40. The van der Waals surface area contributed by atoms with Crippen molar-refractivity contribution >= 4 is 53.7 Å². The number of esters is 5. The van der Waals surface area contributed by atoms with E-state index in [-0.39, 0.29) is 43.8 Å². The molecular weight excluding hydrogens is 1020 g/mol. The number of nitrogens with one attached hydrogen (secondary N) is 4. The van der Waals surface area contributed by atoms with Gasteiger partial charge in [0.2, 0.25) is 0 Å². The summed E-state index contributed by atoms with van der Waals surface area (Å²) in [5.74, 6) is -9.85. The maximum absolute atomic E-state index is 14.0. The Morgan fingerprint density at radius 1 is 0.405 bits per heavy atom. The maximum Gasteiger partial charge on any atom is 0.407 e. The van der Waals surface area contributed by atoms with Crippen LogP contribution in [0.2, 0.25) is 0 Å². The van der Waals surface area contributed by atoms with E-state index in [1.807, 2.05) is 68.4 Å². The van der Waals surface area contributed by atoms with E-state index in [0.29, 0.717) is 0 Å². The van der Waals surface area contributed by atoms with Crippen LogP contribution in [0, 0.1) is 35.5 Å². The monoisotopic (exact) mass is 1100 g/mol. The molecule has 0 bridgehead atoms. The molecule has 4 rings (SSSR count). The zero-order valence-electron chi connectivity index (χ0n) is 48.1. The number of carbonyl (C=O) groups is 9. The summed E-state index contributed by atoms with van der Waals surface area (Å²) >= 11 is 0. The van der Waals surface area contributed by atoms with E-state index in [1.54, 1.807) is 93.5 Å². The van der Waals surface area contributed by atoms with Crippen molar-refractivity contribution in [1.82, 2.24) is 21.3 Å². The smallest absolute Gasteiger partial charge is 0.407 e. The Kier molecular flexibility index (Phi) is 24.5. The highest BCUT2D eigenvalue weighted by Gasteiger charge is 2.39. The Labute approximate surface area is 464 Å². The molecule has 0 saturated heterocycles. The predicted molar refractivity (Wildman–Crippen MR) is 293 cm³/mol. The molecule has 8 atom stereocenters. The highest BCUT2D eigenvalue weighted by Crippen LogP contribution is 2.44. The average Bonchev–Trinajstić information content (AvgIpc) is 3.76. The van der Waals surface area contributed by atoms with Crippen molar-refractivity contribution in [3.63, 3.8) is 0 Å². The van der Waals surface area contributed by atoms with Crippen LogP contribution in [0.5, 0.6) is 0 Å². The summed E-state index contributed by atoms with van der Waals surface area (Å²) in [4.78, 5) is 122. The number of ether oxygens (including phenoxy) is 6. The molecule has 0 aliphatic heterocycles. The lowest BCUT2D eigenvalue weighted by atomic mass is 9.98. The molecule has 0 unspecified atom stereocenters. The third-order valence-electron chi connectivity index (χ3n) is 13.2. The Hall–Kier alpha value is -7.31. The normalized spacial score (nSPS) is 15.1. The highest BCUT2D eigenvalue weighted by atomic mass is 16.6. The molecule has 3 aromatic rings. The van der Waals surface area contributed by atoms with Crippen LogP contribution in [-0.4, -0.2) is 109 Å². The van der Waals surface area contributed by atoms with Gasteiger partial charge in [-0.15, -0.1) is 0 Å². The fraction of sp³-hybridized carbons (Fsp3) is 0.550. The van der Waals surface area contributed by atoms with E-state index in [2.05, 4.69) is 21.3 Å². The zero-order chi connectivity index (χ0) is 58.8. The molecule has 0 aromatic heterocycles. The largest absolute Gasteiger partial charge is 0.458 e. The van der Waals surface area contributed by atoms with Crippen molar-refractivity contribution in [3.05, 3.63) is 95.6 Å². The number of amides is 4. The first-order valence-corrected chi connectivity index (χ1v) is 27.2. The SMILES string of the molecule is CC(C)C[C@@H](OC(=O)[C@@H](NC(=O)OCC1c2ccccc2-c2ccccc21)C(C)C)C(=O)N[C@@H](C(=O)O[C@@H](C)C(=O)N[C@H](C(=O)O[C@H](CC(C)C)C(=O)N[C@@H](C(=O)O[C@@H](C)C(=O)OCc1ccccc1)C(C)C)C(C)C)C(C)C. The molecule has 0 spiro atoms. The van der Waals surface area contributed by atoms with Gasteiger partial charge in [0, 0.05) is 5.92 Å². The molecule has 79 heavy (non-hydrogen) atoms. The van der Waals surface area contributed by atoms with Gasteiger partial charge >= 0.3 is 35.9 Å². The predicted octanol–water partition coefficient (Wildman–Crippen LogP) is 7.49. The average molecular weight is 1100 g/mol. The van der Waals surface area contributed by atoms with Crippen molar-refractivity contribution in [1.29, 1.82) is 0 Å². The van der Waals surface area contributed by atoms with Gasteiger partial charge in [0.05, 0.1) is 0 Å². The van der Waals surface area contributed by atoms with Crippen molar-refractivity contribution in [3.8, 4) is 11.1 Å². The van der Waals surface area contributed by atoms with Gasteiger partial charge in [-0.1, -0.05) is 162 Å². The standard InChI is InChI=1S/C60H82N4O15/c1-32(2)28-46(53(66)63-49(35(7)8)57(70)77-39(14)55(68)74-30-40-22-16-15-17-23-40)78-58(71)50(36(9)10)61-52(65)38(13)76-56(69)48(34(5)6)62-54(67)47(29-33(3)4)79-59(72)51(37(11)12)64-60(73)75-31-45-43-26-20-18-24-41(43)42-25-19-21-27-44(42)45/h15-27,32-39,45-51H,28-31H2,1-14H3,(H,61,65)(H,62,67)(H,63,66)(H,64,73)/t38-,39-,46+,47+,48+,49+,50-,51-/m0/s1. The Bertz CT molecular complexity index is 2530. The molecule has 1 aliphatic rings. The van der Waals surface area contributed by atoms with Crippen molar-refractivity contribution < 1.29 is 71.6 Å². The second-order valence-electron chi connectivity index (χ2n) is 22.2. The molecule has 4 N–H and O–H groups in total. The van der Waals surface area contributed by atoms with Crippen molar-refractivity contribution in [2.75, 3.05) is 6.61 Å². The van der Waals surface area contributed by atoms with E-state index < -0.39 is 126 Å². The Morgan fingerprint density at radius 2 is 0.772 bits per heavy atom. The van der Waals surface area contributed by atoms with Gasteiger partial charge in [-0.3, -0.25) is 14.4 Å². The minimum atomic E-state index is -1.51. The molecule has 1 aliphatic carbocycles. The molecule has 19 heteroatoms. The van der Waals surface area contributed by atoms with E-state index in [1.165, 1.54) is 13.8 Å². The van der Waals surface area contributed by atoms with Crippen LogP contribution < -0.4 is 21.3 Å². The van der Waals surface area contributed by atoms with Crippen LogP contribution in [0.3, 0.4) is 0 Å². The summed E-state index contributed by atoms with van der Waals surface area (Å²) in [7, 11) is 0. The summed E-state index contributed by atoms with van der Waals surface area (Å²) in [5, 5.41) is 10.4. The molecular formula is C60H82N4O15. The van der Waals surface area contributed by atoms with Crippen LogP contribution in [0.25, 0.3) is 11.1 Å². The van der Waals surface area contributed by atoms with Gasteiger partial charge in [-0.25, -0.2) is 28.8 Å². The molecule has 0 heterocycles. The van der Waals surface area contributed by atoms with Gasteiger partial charge in [0.1, 0.15) is 37.4 Å². The number of benzene rings is 3. The van der Waals surface area contributed by atoms with Gasteiger partial charge in [-0.2, -0.15) is 0 Å². The van der Waals surface area contributed by atoms with Crippen molar-refractivity contribution in [2.45, 2.75) is 171 Å². The summed E-state index contributed by atoms with van der Waals surface area (Å²) < 4.78 is 33.5. The number of alkyl carbamates (subject to hydrolysis) is 1. The minimum absolute atomic E-state index is 0.0104. The lowest BCUT2D eigenvalue weighted by molar-refractivity contribution is -0.170. The Morgan fingerprint density at radius 3 is 1.19 bits per heavy atom. The third-order valence-corrected chi connectivity index (χ3v) is 13.2. The van der Waals surface area contributed by atoms with Gasteiger partial charge in [0.25, 0.3) is 17.7 Å². The maximum atomic E-state index is 14.0. The Balaban J connectivity index is 1.36. The second kappa shape index (κ2) is 30.2. The number of carbonyl (C=O) groups excluding carboxylic acids is 9. The topological polar surface area (TPSA) is 257 Å². The van der Waals surface area contributed by atoms with Crippen LogP contribution in [0.4, 0.5) is 4.79 Å². The number of hydrogen-bond donors (Lipinski definition) is 4. The number of hydrogen-bond acceptors (Lipinski definition) is 15. The van der Waals surface area contributed by atoms with E-state index in [0.717, 1.165) is 27.8 Å². The summed E-state index contributed by atoms with van der Waals surface area (Å²) in [5.41, 5.74) is 4.88. The van der Waals surface area contributed by atoms with Crippen LogP contribution in [0.1, 0.15) is 132 Å². The highest BCUT2D eigenvalue weighted by molar-refractivity contribution is 5.93. The lowest BCUT2D eigenvalue weighted by Gasteiger charge is -2.29.